The molecule has 10 nitrogen and oxygen atoms in total. The summed E-state index contributed by atoms with van der Waals surface area (Å²) in [7, 11) is 1.59. The van der Waals surface area contributed by atoms with E-state index in [2.05, 4.69) is 10.3 Å². The Morgan fingerprint density at radius 2 is 1.76 bits per heavy atom. The van der Waals surface area contributed by atoms with Gasteiger partial charge < -0.3 is 30.2 Å². The summed E-state index contributed by atoms with van der Waals surface area (Å²) in [6.45, 7) is 4.71. The van der Waals surface area contributed by atoms with Crippen LogP contribution in [0.25, 0.3) is 0 Å². The highest BCUT2D eigenvalue weighted by Gasteiger charge is 2.30. The smallest absolute Gasteiger partial charge is 0.332 e. The summed E-state index contributed by atoms with van der Waals surface area (Å²) in [5, 5.41) is 2.87. The van der Waals surface area contributed by atoms with E-state index in [0.29, 0.717) is 44.6 Å². The number of piperidine rings is 1. The van der Waals surface area contributed by atoms with Gasteiger partial charge in [0.1, 0.15) is 24.1 Å². The Balaban J connectivity index is 1.64. The molecular formula is C27H36N4O6. The lowest BCUT2D eigenvalue weighted by atomic mass is 10.0. The molecule has 1 aliphatic rings. The van der Waals surface area contributed by atoms with Gasteiger partial charge in [-0.25, -0.2) is 4.79 Å². The van der Waals surface area contributed by atoms with Gasteiger partial charge in [-0.3, -0.25) is 14.6 Å². The molecule has 10 heteroatoms. The molecule has 0 aliphatic carbocycles. The fraction of sp³-hybridized carbons (Fsp3) is 0.481. The quantitative estimate of drug-likeness (QED) is 0.436. The summed E-state index contributed by atoms with van der Waals surface area (Å²) in [5.74, 6) is -0.305. The average molecular weight is 513 g/mol. The van der Waals surface area contributed by atoms with Crippen molar-refractivity contribution in [3.05, 3.63) is 59.4 Å². The minimum Gasteiger partial charge on any atom is -0.497 e. The standard InChI is InChI=1S/C27H36N4O6/c1-18(2)37-25(32)17-36-22-10-12-31(13-11-22)27(34)24(14-19-4-7-21(35-3)8-5-19)30-26(33)23-9-6-20(15-28)16-29-23/h4-9,16,18,22,24H,10-15,17,28H2,1-3H3,(H,30,33)/t24-/m0/s1. The number of methoxy groups -OCH3 is 1. The number of aromatic nitrogens is 1. The Hall–Kier alpha value is -3.50. The van der Waals surface area contributed by atoms with Gasteiger partial charge in [-0.05, 0) is 56.0 Å². The van der Waals surface area contributed by atoms with Crippen LogP contribution in [0.5, 0.6) is 5.75 Å². The van der Waals surface area contributed by atoms with Crippen LogP contribution in [0.4, 0.5) is 0 Å². The Labute approximate surface area is 217 Å². The van der Waals surface area contributed by atoms with Crippen LogP contribution < -0.4 is 15.8 Å². The number of hydrogen-bond donors (Lipinski definition) is 2. The van der Waals surface area contributed by atoms with Gasteiger partial charge in [-0.15, -0.1) is 0 Å². The van der Waals surface area contributed by atoms with E-state index in [4.69, 9.17) is 19.9 Å². The molecule has 0 radical (unpaired) electrons. The molecule has 2 amide bonds. The number of carbonyl (C=O) groups is 3. The molecule has 0 unspecified atom stereocenters. The zero-order valence-corrected chi connectivity index (χ0v) is 21.6. The number of nitrogens with one attached hydrogen (secondary N) is 1. The summed E-state index contributed by atoms with van der Waals surface area (Å²) in [6, 6.07) is 9.93. The Bertz CT molecular complexity index is 1030. The number of benzene rings is 1. The first-order valence-corrected chi connectivity index (χ1v) is 12.5. The first-order chi connectivity index (χ1) is 17.8. The van der Waals surface area contributed by atoms with Gasteiger partial charge in [-0.2, -0.15) is 0 Å². The Kier molecular flexibility index (Phi) is 10.4. The number of pyridine rings is 1. The zero-order chi connectivity index (χ0) is 26.8. The van der Waals surface area contributed by atoms with Crippen molar-refractivity contribution in [3.8, 4) is 5.75 Å². The van der Waals surface area contributed by atoms with Crippen molar-refractivity contribution in [3.63, 3.8) is 0 Å². The summed E-state index contributed by atoms with van der Waals surface area (Å²) >= 11 is 0. The first-order valence-electron chi connectivity index (χ1n) is 12.5. The number of carbonyl (C=O) groups excluding carboxylic acids is 3. The van der Waals surface area contributed by atoms with Gasteiger partial charge >= 0.3 is 5.97 Å². The monoisotopic (exact) mass is 512 g/mol. The second-order valence-electron chi connectivity index (χ2n) is 9.21. The second kappa shape index (κ2) is 13.7. The molecule has 200 valence electrons. The van der Waals surface area contributed by atoms with Crippen LogP contribution in [0.3, 0.4) is 0 Å². The molecule has 1 aliphatic heterocycles. The molecule has 1 aromatic carbocycles. The Morgan fingerprint density at radius 3 is 2.32 bits per heavy atom. The van der Waals surface area contributed by atoms with Gasteiger partial charge in [0.25, 0.3) is 5.91 Å². The molecule has 2 heterocycles. The predicted octanol–water partition coefficient (Wildman–Crippen LogP) is 1.85. The van der Waals surface area contributed by atoms with Gasteiger partial charge in [0.15, 0.2) is 0 Å². The van der Waals surface area contributed by atoms with E-state index in [9.17, 15) is 14.4 Å². The molecule has 2 aromatic rings. The van der Waals surface area contributed by atoms with Gasteiger partial charge in [-0.1, -0.05) is 18.2 Å². The Morgan fingerprint density at radius 1 is 1.08 bits per heavy atom. The molecule has 1 saturated heterocycles. The number of esters is 1. The summed E-state index contributed by atoms with van der Waals surface area (Å²) in [6.07, 6.45) is 2.72. The fourth-order valence-corrected chi connectivity index (χ4v) is 4.06. The van der Waals surface area contributed by atoms with Crippen LogP contribution >= 0.6 is 0 Å². The molecular weight excluding hydrogens is 476 g/mol. The van der Waals surface area contributed by atoms with E-state index in [0.717, 1.165) is 11.1 Å². The molecule has 3 N–H and O–H groups in total. The molecule has 3 rings (SSSR count). The van der Waals surface area contributed by atoms with E-state index in [-0.39, 0.29) is 30.4 Å². The third kappa shape index (κ3) is 8.54. The first kappa shape index (κ1) is 28.1. The van der Waals surface area contributed by atoms with Crippen molar-refractivity contribution in [1.29, 1.82) is 0 Å². The van der Waals surface area contributed by atoms with Crippen molar-refractivity contribution in [2.24, 2.45) is 5.73 Å². The SMILES string of the molecule is COc1ccc(C[C@H](NC(=O)c2ccc(CN)cn2)C(=O)N2CCC(OCC(=O)OC(C)C)CC2)cc1. The van der Waals surface area contributed by atoms with Crippen molar-refractivity contribution >= 4 is 17.8 Å². The van der Waals surface area contributed by atoms with Crippen molar-refractivity contribution in [1.82, 2.24) is 15.2 Å². The van der Waals surface area contributed by atoms with Crippen molar-refractivity contribution in [2.75, 3.05) is 26.8 Å². The van der Waals surface area contributed by atoms with E-state index in [1.54, 1.807) is 44.2 Å². The zero-order valence-electron chi connectivity index (χ0n) is 21.6. The minimum absolute atomic E-state index is 0.108. The van der Waals surface area contributed by atoms with Crippen molar-refractivity contribution in [2.45, 2.75) is 57.9 Å². The lowest BCUT2D eigenvalue weighted by Crippen LogP contribution is -2.52. The second-order valence-corrected chi connectivity index (χ2v) is 9.21. The molecule has 0 spiro atoms. The number of amides is 2. The summed E-state index contributed by atoms with van der Waals surface area (Å²) in [4.78, 5) is 44.1. The maximum atomic E-state index is 13.5. The maximum Gasteiger partial charge on any atom is 0.332 e. The van der Waals surface area contributed by atoms with Crippen molar-refractivity contribution < 1.29 is 28.6 Å². The van der Waals surface area contributed by atoms with Crippen LogP contribution in [-0.2, 0) is 32.0 Å². The molecule has 1 aromatic heterocycles. The third-order valence-electron chi connectivity index (χ3n) is 6.05. The lowest BCUT2D eigenvalue weighted by Gasteiger charge is -2.34. The molecule has 0 bridgehead atoms. The topological polar surface area (TPSA) is 133 Å². The van der Waals surface area contributed by atoms with Crippen LogP contribution in [0.15, 0.2) is 42.6 Å². The van der Waals surface area contributed by atoms with Crippen LogP contribution in [0.2, 0.25) is 0 Å². The third-order valence-corrected chi connectivity index (χ3v) is 6.05. The number of nitrogens with zero attached hydrogens (tertiary/aromatic N) is 2. The average Bonchev–Trinajstić information content (AvgIpc) is 2.91. The van der Waals surface area contributed by atoms with Crippen LogP contribution in [-0.4, -0.2) is 72.7 Å². The van der Waals surface area contributed by atoms with Gasteiger partial charge in [0.2, 0.25) is 5.91 Å². The van der Waals surface area contributed by atoms with E-state index >= 15 is 0 Å². The number of ether oxygens (including phenoxy) is 3. The number of hydrogen-bond acceptors (Lipinski definition) is 8. The summed E-state index contributed by atoms with van der Waals surface area (Å²) in [5.41, 5.74) is 7.52. The highest BCUT2D eigenvalue weighted by molar-refractivity contribution is 5.96. The van der Waals surface area contributed by atoms with E-state index < -0.39 is 17.9 Å². The minimum atomic E-state index is -0.782. The molecule has 1 fully saturated rings. The van der Waals surface area contributed by atoms with Crippen LogP contribution in [0, 0.1) is 0 Å². The number of nitrogens with two attached hydrogens (primary N) is 1. The summed E-state index contributed by atoms with van der Waals surface area (Å²) < 4.78 is 16.0. The normalized spacial score (nSPS) is 14.8. The number of rotatable bonds is 11. The van der Waals surface area contributed by atoms with Gasteiger partial charge in [0, 0.05) is 32.3 Å². The lowest BCUT2D eigenvalue weighted by molar-refractivity contribution is -0.156. The molecule has 0 saturated carbocycles. The van der Waals surface area contributed by atoms with E-state index in [1.165, 1.54) is 0 Å². The predicted molar refractivity (Wildman–Crippen MR) is 137 cm³/mol. The highest BCUT2D eigenvalue weighted by atomic mass is 16.6. The molecule has 1 atom stereocenters. The molecule has 37 heavy (non-hydrogen) atoms. The highest BCUT2D eigenvalue weighted by Crippen LogP contribution is 2.18. The van der Waals surface area contributed by atoms with E-state index in [1.807, 2.05) is 24.3 Å². The maximum absolute atomic E-state index is 13.5. The number of likely N-dealkylation sites (tertiary alicyclic amines) is 1. The largest absolute Gasteiger partial charge is 0.497 e. The van der Waals surface area contributed by atoms with Gasteiger partial charge in [0.05, 0.1) is 19.3 Å². The fourth-order valence-electron chi connectivity index (χ4n) is 4.06. The van der Waals surface area contributed by atoms with Crippen LogP contribution in [0.1, 0.15) is 48.3 Å².